The van der Waals surface area contributed by atoms with Crippen molar-refractivity contribution < 1.29 is 19.1 Å². The molecule has 1 aromatic heterocycles. The Morgan fingerprint density at radius 1 is 1.11 bits per heavy atom. The third kappa shape index (κ3) is 6.62. The van der Waals surface area contributed by atoms with Gasteiger partial charge in [-0.25, -0.2) is 0 Å². The fourth-order valence-corrected chi connectivity index (χ4v) is 6.18. The number of methoxy groups -OCH3 is 1. The standard InChI is InChI=1S/C27H30N2O4S2.ClH/c1-18(30)33-25-26(20-8-10-21(32-4)11-9-20)35-24-17-19(16-22-6-5-15-34-22)7-12-23(24)29(27(25)31)14-13-28(2)3;/h5-12,15,17,25-26H,13-14,16H2,1-4H3;1H/t25-,26+;/m1./s1. The Morgan fingerprint density at radius 2 is 1.86 bits per heavy atom. The number of benzene rings is 2. The second-order valence-corrected chi connectivity index (χ2v) is 10.9. The SMILES string of the molecule is COc1ccc([C@@H]2Sc3cc(Cc4cccs4)ccc3N(CCN(C)C)C(=O)[C@@H]2OC(C)=O)cc1.Cl. The molecular weight excluding hydrogens is 516 g/mol. The summed E-state index contributed by atoms with van der Waals surface area (Å²) in [5.74, 6) is 0.0495. The number of likely N-dealkylation sites (N-methyl/N-ethyl adjacent to an activating group) is 1. The van der Waals surface area contributed by atoms with Crippen molar-refractivity contribution in [3.8, 4) is 5.75 Å². The summed E-state index contributed by atoms with van der Waals surface area (Å²) in [4.78, 5) is 32.1. The highest BCUT2D eigenvalue weighted by Gasteiger charge is 2.40. The van der Waals surface area contributed by atoms with Gasteiger partial charge in [-0.3, -0.25) is 9.59 Å². The maximum absolute atomic E-state index is 13.9. The lowest BCUT2D eigenvalue weighted by Crippen LogP contribution is -2.45. The Balaban J connectivity index is 0.00000361. The van der Waals surface area contributed by atoms with Gasteiger partial charge in [-0.2, -0.15) is 0 Å². The molecule has 1 aliphatic heterocycles. The normalized spacial score (nSPS) is 17.2. The summed E-state index contributed by atoms with van der Waals surface area (Å²) in [6, 6.07) is 18.1. The van der Waals surface area contributed by atoms with Crippen molar-refractivity contribution in [2.75, 3.05) is 39.2 Å². The summed E-state index contributed by atoms with van der Waals surface area (Å²) < 4.78 is 11.0. The van der Waals surface area contributed by atoms with Gasteiger partial charge in [0.2, 0.25) is 0 Å². The van der Waals surface area contributed by atoms with Gasteiger partial charge in [0.1, 0.15) is 5.75 Å². The molecule has 4 rings (SSSR count). The smallest absolute Gasteiger partial charge is 0.303 e. The summed E-state index contributed by atoms with van der Waals surface area (Å²) in [5, 5.41) is 1.69. The number of hydrogen-bond acceptors (Lipinski definition) is 7. The van der Waals surface area contributed by atoms with Crippen LogP contribution in [0.2, 0.25) is 0 Å². The first kappa shape index (κ1) is 28.1. The number of esters is 1. The number of thioether (sulfide) groups is 1. The van der Waals surface area contributed by atoms with Gasteiger partial charge < -0.3 is 19.3 Å². The van der Waals surface area contributed by atoms with Crippen molar-refractivity contribution in [2.24, 2.45) is 0 Å². The van der Waals surface area contributed by atoms with Crippen molar-refractivity contribution in [3.05, 3.63) is 76.0 Å². The summed E-state index contributed by atoms with van der Waals surface area (Å²) in [5.41, 5.74) is 2.93. The van der Waals surface area contributed by atoms with Crippen molar-refractivity contribution in [2.45, 2.75) is 29.6 Å². The minimum absolute atomic E-state index is 0. The van der Waals surface area contributed by atoms with E-state index >= 15 is 0 Å². The zero-order chi connectivity index (χ0) is 24.9. The van der Waals surface area contributed by atoms with E-state index in [4.69, 9.17) is 9.47 Å². The van der Waals surface area contributed by atoms with Crippen LogP contribution in [0.1, 0.15) is 28.2 Å². The van der Waals surface area contributed by atoms with Crippen LogP contribution in [0, 0.1) is 0 Å². The van der Waals surface area contributed by atoms with Crippen LogP contribution < -0.4 is 9.64 Å². The van der Waals surface area contributed by atoms with E-state index in [1.807, 2.05) is 49.3 Å². The average molecular weight is 547 g/mol. The van der Waals surface area contributed by atoms with Gasteiger partial charge in [0, 0.05) is 36.2 Å². The van der Waals surface area contributed by atoms with E-state index in [1.54, 1.807) is 35.1 Å². The minimum Gasteiger partial charge on any atom is -0.497 e. The molecule has 3 aromatic rings. The van der Waals surface area contributed by atoms with Gasteiger partial charge in [0.25, 0.3) is 5.91 Å². The lowest BCUT2D eigenvalue weighted by molar-refractivity contribution is -0.152. The molecule has 1 aliphatic rings. The lowest BCUT2D eigenvalue weighted by Gasteiger charge is -2.28. The topological polar surface area (TPSA) is 59.1 Å². The second-order valence-electron chi connectivity index (χ2n) is 8.69. The number of amides is 1. The molecule has 1 amide bonds. The first-order chi connectivity index (χ1) is 16.9. The number of fused-ring (bicyclic) bond motifs is 1. The zero-order valence-electron chi connectivity index (χ0n) is 20.8. The first-order valence-corrected chi connectivity index (χ1v) is 13.2. The predicted molar refractivity (Wildman–Crippen MR) is 149 cm³/mol. The van der Waals surface area contributed by atoms with Crippen LogP contribution in [0.25, 0.3) is 0 Å². The summed E-state index contributed by atoms with van der Waals surface area (Å²) in [6.45, 7) is 2.54. The second kappa shape index (κ2) is 12.6. The number of rotatable bonds is 8. The molecule has 0 bridgehead atoms. The number of halogens is 1. The Hall–Kier alpha value is -2.52. The Labute approximate surface area is 227 Å². The molecule has 0 aliphatic carbocycles. The molecular formula is C27H31ClN2O4S2. The number of thiophene rings is 1. The Morgan fingerprint density at radius 3 is 2.47 bits per heavy atom. The average Bonchev–Trinajstić information content (AvgIpc) is 3.31. The third-order valence-corrected chi connectivity index (χ3v) is 8.05. The number of hydrogen-bond donors (Lipinski definition) is 0. The van der Waals surface area contributed by atoms with E-state index < -0.39 is 17.3 Å². The monoisotopic (exact) mass is 546 g/mol. The molecule has 2 aromatic carbocycles. The van der Waals surface area contributed by atoms with Crippen LogP contribution >= 0.6 is 35.5 Å². The van der Waals surface area contributed by atoms with Gasteiger partial charge >= 0.3 is 5.97 Å². The van der Waals surface area contributed by atoms with E-state index in [0.717, 1.165) is 28.3 Å². The molecule has 0 radical (unpaired) electrons. The fraction of sp³-hybridized carbons (Fsp3) is 0.333. The summed E-state index contributed by atoms with van der Waals surface area (Å²) in [7, 11) is 5.58. The van der Waals surface area contributed by atoms with Gasteiger partial charge in [0.15, 0.2) is 6.10 Å². The van der Waals surface area contributed by atoms with E-state index in [0.29, 0.717) is 13.1 Å². The van der Waals surface area contributed by atoms with Crippen LogP contribution in [0.4, 0.5) is 5.69 Å². The van der Waals surface area contributed by atoms with Crippen LogP contribution in [0.3, 0.4) is 0 Å². The molecule has 0 spiro atoms. The molecule has 2 heterocycles. The molecule has 0 unspecified atom stereocenters. The van der Waals surface area contributed by atoms with Gasteiger partial charge in [0.05, 0.1) is 18.0 Å². The van der Waals surface area contributed by atoms with Crippen molar-refractivity contribution in [1.82, 2.24) is 4.90 Å². The number of carbonyl (C=O) groups excluding carboxylic acids is 2. The zero-order valence-corrected chi connectivity index (χ0v) is 23.3. The predicted octanol–water partition coefficient (Wildman–Crippen LogP) is 5.44. The molecule has 0 saturated heterocycles. The van der Waals surface area contributed by atoms with Crippen molar-refractivity contribution in [1.29, 1.82) is 0 Å². The van der Waals surface area contributed by atoms with Crippen LogP contribution in [0.15, 0.2) is 64.9 Å². The fourth-order valence-electron chi connectivity index (χ4n) is 4.06. The Bertz CT molecular complexity index is 1170. The minimum atomic E-state index is -0.943. The molecule has 0 fully saturated rings. The molecule has 9 heteroatoms. The lowest BCUT2D eigenvalue weighted by atomic mass is 10.0. The van der Waals surface area contributed by atoms with E-state index in [2.05, 4.69) is 29.6 Å². The highest BCUT2D eigenvalue weighted by atomic mass is 35.5. The third-order valence-electron chi connectivity index (χ3n) is 5.82. The van der Waals surface area contributed by atoms with Crippen LogP contribution in [-0.2, 0) is 20.7 Å². The van der Waals surface area contributed by atoms with Crippen LogP contribution in [-0.4, -0.2) is 57.2 Å². The highest BCUT2D eigenvalue weighted by Crippen LogP contribution is 2.47. The molecule has 2 atom stereocenters. The summed E-state index contributed by atoms with van der Waals surface area (Å²) in [6.07, 6.45) is -0.112. The maximum Gasteiger partial charge on any atom is 0.303 e. The van der Waals surface area contributed by atoms with E-state index in [9.17, 15) is 9.59 Å². The summed E-state index contributed by atoms with van der Waals surface area (Å²) >= 11 is 3.31. The van der Waals surface area contributed by atoms with Crippen molar-refractivity contribution >= 4 is 53.1 Å². The van der Waals surface area contributed by atoms with Gasteiger partial charge in [-0.1, -0.05) is 24.3 Å². The van der Waals surface area contributed by atoms with Gasteiger partial charge in [-0.15, -0.1) is 35.5 Å². The molecule has 6 nitrogen and oxygen atoms in total. The molecule has 36 heavy (non-hydrogen) atoms. The Kier molecular flexibility index (Phi) is 9.84. The molecule has 0 saturated carbocycles. The quantitative estimate of drug-likeness (QED) is 0.351. The van der Waals surface area contributed by atoms with Crippen molar-refractivity contribution in [3.63, 3.8) is 0 Å². The first-order valence-electron chi connectivity index (χ1n) is 11.4. The van der Waals surface area contributed by atoms with Gasteiger partial charge in [-0.05, 0) is 60.9 Å². The van der Waals surface area contributed by atoms with E-state index in [-0.39, 0.29) is 18.3 Å². The number of nitrogens with zero attached hydrogens (tertiary/aromatic N) is 2. The molecule has 0 N–H and O–H groups in total. The van der Waals surface area contributed by atoms with E-state index in [1.165, 1.54) is 17.4 Å². The van der Waals surface area contributed by atoms with Crippen LogP contribution in [0.5, 0.6) is 5.75 Å². The number of carbonyl (C=O) groups is 2. The number of ether oxygens (including phenoxy) is 2. The largest absolute Gasteiger partial charge is 0.497 e. The maximum atomic E-state index is 13.9. The number of anilines is 1. The highest BCUT2D eigenvalue weighted by molar-refractivity contribution is 7.99. The molecule has 192 valence electrons.